The number of halogens is 3. The molecule has 0 amide bonds. The molecule has 0 aliphatic heterocycles. The van der Waals surface area contributed by atoms with Crippen LogP contribution in [0, 0.1) is 6.92 Å². The summed E-state index contributed by atoms with van der Waals surface area (Å²) in [6.07, 6.45) is -2.90. The van der Waals surface area contributed by atoms with Crippen molar-refractivity contribution in [3.8, 4) is 17.0 Å². The summed E-state index contributed by atoms with van der Waals surface area (Å²) >= 11 is 0. The number of aryl methyl sites for hydroxylation is 1. The Morgan fingerprint density at radius 3 is 2.52 bits per heavy atom. The lowest BCUT2D eigenvalue weighted by atomic mass is 9.99. The Kier molecular flexibility index (Phi) is 3.67. The fraction of sp³-hybridized carbons (Fsp3) is 0.176. The topological polar surface area (TPSA) is 35.0 Å². The van der Waals surface area contributed by atoms with E-state index in [0.717, 1.165) is 17.7 Å². The van der Waals surface area contributed by atoms with Crippen LogP contribution in [0.25, 0.3) is 22.2 Å². The number of fused-ring (bicyclic) bond motifs is 1. The lowest BCUT2D eigenvalue weighted by Gasteiger charge is -2.11. The zero-order chi connectivity index (χ0) is 16.6. The number of aromatic nitrogens is 2. The molecule has 1 aromatic heterocycles. The van der Waals surface area contributed by atoms with E-state index in [9.17, 15) is 13.2 Å². The van der Waals surface area contributed by atoms with E-state index in [1.807, 2.05) is 13.0 Å². The number of methoxy groups -OCH3 is 1. The Hall–Kier alpha value is -2.63. The normalized spacial score (nSPS) is 11.7. The van der Waals surface area contributed by atoms with E-state index in [0.29, 0.717) is 28.0 Å². The van der Waals surface area contributed by atoms with E-state index in [-0.39, 0.29) is 0 Å². The zero-order valence-electron chi connectivity index (χ0n) is 12.5. The predicted molar refractivity (Wildman–Crippen MR) is 81.3 cm³/mol. The maximum atomic E-state index is 12.9. The minimum Gasteiger partial charge on any atom is -0.480 e. The SMILES string of the molecule is COc1cnc2c(C)ccc(-c3cccc(C(F)(F)F)c3)c2n1. The summed E-state index contributed by atoms with van der Waals surface area (Å²) in [5, 5.41) is 0. The van der Waals surface area contributed by atoms with Crippen LogP contribution in [0.4, 0.5) is 13.2 Å². The molecule has 0 N–H and O–H groups in total. The van der Waals surface area contributed by atoms with Crippen LogP contribution in [0.1, 0.15) is 11.1 Å². The summed E-state index contributed by atoms with van der Waals surface area (Å²) in [7, 11) is 1.47. The van der Waals surface area contributed by atoms with E-state index in [4.69, 9.17) is 4.74 Å². The number of hydrogen-bond donors (Lipinski definition) is 0. The van der Waals surface area contributed by atoms with Gasteiger partial charge in [-0.2, -0.15) is 13.2 Å². The van der Waals surface area contributed by atoms with Crippen molar-refractivity contribution in [3.63, 3.8) is 0 Å². The van der Waals surface area contributed by atoms with Gasteiger partial charge >= 0.3 is 6.18 Å². The molecule has 0 saturated carbocycles. The van der Waals surface area contributed by atoms with Crippen LogP contribution < -0.4 is 4.74 Å². The van der Waals surface area contributed by atoms with Gasteiger partial charge in [0.25, 0.3) is 0 Å². The summed E-state index contributed by atoms with van der Waals surface area (Å²) < 4.78 is 43.9. The Labute approximate surface area is 130 Å². The van der Waals surface area contributed by atoms with Crippen molar-refractivity contribution in [2.24, 2.45) is 0 Å². The summed E-state index contributed by atoms with van der Waals surface area (Å²) in [5.74, 6) is 0.316. The molecule has 3 nitrogen and oxygen atoms in total. The molecule has 3 rings (SSSR count). The molecular weight excluding hydrogens is 305 g/mol. The lowest BCUT2D eigenvalue weighted by Crippen LogP contribution is -2.04. The van der Waals surface area contributed by atoms with Gasteiger partial charge in [-0.1, -0.05) is 24.3 Å². The molecule has 0 unspecified atom stereocenters. The number of benzene rings is 2. The number of nitrogens with zero attached hydrogens (tertiary/aromatic N) is 2. The van der Waals surface area contributed by atoms with Gasteiger partial charge in [0.2, 0.25) is 5.88 Å². The van der Waals surface area contributed by atoms with Gasteiger partial charge in [-0.05, 0) is 30.2 Å². The van der Waals surface area contributed by atoms with Gasteiger partial charge in [0.1, 0.15) is 5.52 Å². The van der Waals surface area contributed by atoms with Crippen LogP contribution >= 0.6 is 0 Å². The van der Waals surface area contributed by atoms with E-state index < -0.39 is 11.7 Å². The Morgan fingerprint density at radius 2 is 1.83 bits per heavy atom. The first-order valence-corrected chi connectivity index (χ1v) is 6.88. The second-order valence-corrected chi connectivity index (χ2v) is 5.12. The summed E-state index contributed by atoms with van der Waals surface area (Å²) in [6.45, 7) is 1.87. The summed E-state index contributed by atoms with van der Waals surface area (Å²) in [4.78, 5) is 8.66. The van der Waals surface area contributed by atoms with Crippen molar-refractivity contribution in [2.45, 2.75) is 13.1 Å². The average molecular weight is 318 g/mol. The molecule has 6 heteroatoms. The zero-order valence-corrected chi connectivity index (χ0v) is 12.5. The van der Waals surface area contributed by atoms with Crippen LogP contribution in [0.5, 0.6) is 5.88 Å². The number of hydrogen-bond acceptors (Lipinski definition) is 3. The predicted octanol–water partition coefficient (Wildman–Crippen LogP) is 4.63. The van der Waals surface area contributed by atoms with Crippen LogP contribution in [0.3, 0.4) is 0 Å². The van der Waals surface area contributed by atoms with Crippen molar-refractivity contribution in [1.29, 1.82) is 0 Å². The minimum absolute atomic E-state index is 0.316. The molecule has 0 aliphatic rings. The molecule has 0 fully saturated rings. The molecule has 3 aromatic rings. The van der Waals surface area contributed by atoms with Crippen LogP contribution in [-0.4, -0.2) is 17.1 Å². The molecule has 0 saturated heterocycles. The van der Waals surface area contributed by atoms with Crippen LogP contribution in [-0.2, 0) is 6.18 Å². The Balaban J connectivity index is 2.26. The quantitative estimate of drug-likeness (QED) is 0.691. The monoisotopic (exact) mass is 318 g/mol. The van der Waals surface area contributed by atoms with Crippen molar-refractivity contribution in [2.75, 3.05) is 7.11 Å². The second kappa shape index (κ2) is 5.53. The minimum atomic E-state index is -4.39. The maximum absolute atomic E-state index is 12.9. The highest BCUT2D eigenvalue weighted by atomic mass is 19.4. The summed E-state index contributed by atoms with van der Waals surface area (Å²) in [6, 6.07) is 8.75. The first-order valence-electron chi connectivity index (χ1n) is 6.88. The summed E-state index contributed by atoms with van der Waals surface area (Å²) in [5.41, 5.74) is 2.38. The van der Waals surface area contributed by atoms with Gasteiger partial charge in [-0.25, -0.2) is 9.97 Å². The first-order chi connectivity index (χ1) is 10.9. The molecule has 0 aliphatic carbocycles. The molecule has 0 bridgehead atoms. The molecule has 1 heterocycles. The third-order valence-electron chi connectivity index (χ3n) is 3.59. The van der Waals surface area contributed by atoms with Crippen LogP contribution in [0.15, 0.2) is 42.6 Å². The fourth-order valence-electron chi connectivity index (χ4n) is 2.41. The second-order valence-electron chi connectivity index (χ2n) is 5.12. The van der Waals surface area contributed by atoms with Gasteiger partial charge in [-0.15, -0.1) is 0 Å². The van der Waals surface area contributed by atoms with Crippen molar-refractivity contribution >= 4 is 11.0 Å². The third-order valence-corrected chi connectivity index (χ3v) is 3.59. The lowest BCUT2D eigenvalue weighted by molar-refractivity contribution is -0.137. The van der Waals surface area contributed by atoms with E-state index >= 15 is 0 Å². The van der Waals surface area contributed by atoms with Gasteiger partial charge in [0.05, 0.1) is 24.4 Å². The Morgan fingerprint density at radius 1 is 1.04 bits per heavy atom. The highest BCUT2D eigenvalue weighted by Gasteiger charge is 2.30. The van der Waals surface area contributed by atoms with Gasteiger partial charge < -0.3 is 4.74 Å². The highest BCUT2D eigenvalue weighted by molar-refractivity contribution is 5.93. The fourth-order valence-corrected chi connectivity index (χ4v) is 2.41. The maximum Gasteiger partial charge on any atom is 0.416 e. The number of rotatable bonds is 2. The van der Waals surface area contributed by atoms with Crippen molar-refractivity contribution in [3.05, 3.63) is 53.7 Å². The highest BCUT2D eigenvalue weighted by Crippen LogP contribution is 2.34. The van der Waals surface area contributed by atoms with Gasteiger partial charge in [0.15, 0.2) is 0 Å². The molecule has 0 radical (unpaired) electrons. The van der Waals surface area contributed by atoms with Crippen molar-refractivity contribution in [1.82, 2.24) is 9.97 Å². The molecule has 23 heavy (non-hydrogen) atoms. The van der Waals surface area contributed by atoms with Crippen LogP contribution in [0.2, 0.25) is 0 Å². The van der Waals surface area contributed by atoms with Crippen molar-refractivity contribution < 1.29 is 17.9 Å². The number of alkyl halides is 3. The molecule has 118 valence electrons. The Bertz CT molecular complexity index is 875. The smallest absolute Gasteiger partial charge is 0.416 e. The van der Waals surface area contributed by atoms with E-state index in [1.165, 1.54) is 19.4 Å². The first kappa shape index (κ1) is 15.3. The molecule has 0 spiro atoms. The largest absolute Gasteiger partial charge is 0.480 e. The molecule has 2 aromatic carbocycles. The standard InChI is InChI=1S/C17H13F3N2O/c1-10-6-7-13(16-15(10)21-9-14(22-16)23-2)11-4-3-5-12(8-11)17(18,19)20/h3-9H,1-2H3. The van der Waals surface area contributed by atoms with E-state index in [1.54, 1.807) is 12.1 Å². The third kappa shape index (κ3) is 2.84. The average Bonchev–Trinajstić information content (AvgIpc) is 2.54. The van der Waals surface area contributed by atoms with E-state index in [2.05, 4.69) is 9.97 Å². The number of ether oxygens (including phenoxy) is 1. The molecular formula is C17H13F3N2O. The van der Waals surface area contributed by atoms with Gasteiger partial charge in [0, 0.05) is 5.56 Å². The molecule has 0 atom stereocenters. The van der Waals surface area contributed by atoms with Gasteiger partial charge in [-0.3, -0.25) is 0 Å².